The summed E-state index contributed by atoms with van der Waals surface area (Å²) in [7, 11) is 0. The SMILES string of the molecule is CC(OC(=O)c1cc(-c2ccccc2)c(N2CCOCC2)s1)C(=O)Nc1ccnn1C(C)C. The number of benzene rings is 1. The molecule has 1 saturated heterocycles. The Morgan fingerprint density at radius 3 is 2.55 bits per heavy atom. The number of nitrogens with zero attached hydrogens (tertiary/aromatic N) is 3. The molecule has 0 aliphatic carbocycles. The second-order valence-corrected chi connectivity index (χ2v) is 9.12. The summed E-state index contributed by atoms with van der Waals surface area (Å²) in [6.45, 7) is 8.33. The van der Waals surface area contributed by atoms with Gasteiger partial charge in [0.25, 0.3) is 5.91 Å². The maximum atomic E-state index is 13.0. The minimum atomic E-state index is -0.956. The van der Waals surface area contributed by atoms with Crippen molar-refractivity contribution >= 4 is 34.0 Å². The normalized spacial score (nSPS) is 14.8. The Bertz CT molecular complexity index is 1100. The van der Waals surface area contributed by atoms with E-state index in [1.807, 2.05) is 50.2 Å². The zero-order chi connectivity index (χ0) is 23.4. The van der Waals surface area contributed by atoms with Gasteiger partial charge >= 0.3 is 5.97 Å². The maximum absolute atomic E-state index is 13.0. The molecule has 1 unspecified atom stereocenters. The van der Waals surface area contributed by atoms with E-state index in [9.17, 15) is 9.59 Å². The van der Waals surface area contributed by atoms with Gasteiger partial charge in [-0.25, -0.2) is 9.48 Å². The highest BCUT2D eigenvalue weighted by Crippen LogP contribution is 2.39. The Morgan fingerprint density at radius 1 is 1.12 bits per heavy atom. The quantitative estimate of drug-likeness (QED) is 0.523. The predicted octanol–water partition coefficient (Wildman–Crippen LogP) is 4.21. The van der Waals surface area contributed by atoms with Crippen molar-refractivity contribution in [1.29, 1.82) is 0 Å². The lowest BCUT2D eigenvalue weighted by Gasteiger charge is -2.28. The van der Waals surface area contributed by atoms with Gasteiger partial charge in [0.2, 0.25) is 0 Å². The zero-order valence-electron chi connectivity index (χ0n) is 19.0. The number of carbonyl (C=O) groups excluding carboxylic acids is 2. The van der Waals surface area contributed by atoms with Gasteiger partial charge in [0.15, 0.2) is 6.10 Å². The zero-order valence-corrected chi connectivity index (χ0v) is 19.8. The summed E-state index contributed by atoms with van der Waals surface area (Å²) < 4.78 is 12.7. The van der Waals surface area contributed by atoms with E-state index in [4.69, 9.17) is 9.47 Å². The summed E-state index contributed by atoms with van der Waals surface area (Å²) in [5.74, 6) is -0.356. The summed E-state index contributed by atoms with van der Waals surface area (Å²) in [5, 5.41) is 8.00. The Kier molecular flexibility index (Phi) is 7.10. The van der Waals surface area contributed by atoms with Gasteiger partial charge in [-0.2, -0.15) is 5.10 Å². The average molecular weight is 469 g/mol. The highest BCUT2D eigenvalue weighted by Gasteiger charge is 2.25. The van der Waals surface area contributed by atoms with Crippen LogP contribution < -0.4 is 10.2 Å². The van der Waals surface area contributed by atoms with Gasteiger partial charge in [-0.3, -0.25) is 4.79 Å². The van der Waals surface area contributed by atoms with Crippen molar-refractivity contribution in [2.45, 2.75) is 32.9 Å². The summed E-state index contributed by atoms with van der Waals surface area (Å²) >= 11 is 1.38. The van der Waals surface area contributed by atoms with Crippen LogP contribution in [0.3, 0.4) is 0 Å². The number of nitrogens with one attached hydrogen (secondary N) is 1. The van der Waals surface area contributed by atoms with Gasteiger partial charge in [0.1, 0.15) is 10.7 Å². The molecule has 2 aromatic heterocycles. The van der Waals surface area contributed by atoms with E-state index in [-0.39, 0.29) is 6.04 Å². The monoisotopic (exact) mass is 468 g/mol. The van der Waals surface area contributed by atoms with Crippen LogP contribution in [-0.4, -0.2) is 54.1 Å². The third-order valence-electron chi connectivity index (χ3n) is 5.36. The van der Waals surface area contributed by atoms with E-state index in [0.717, 1.165) is 29.2 Å². The third-order valence-corrected chi connectivity index (χ3v) is 6.54. The number of morpholine rings is 1. The Morgan fingerprint density at radius 2 is 1.85 bits per heavy atom. The van der Waals surface area contributed by atoms with E-state index in [1.165, 1.54) is 11.3 Å². The highest BCUT2D eigenvalue weighted by molar-refractivity contribution is 7.18. The van der Waals surface area contributed by atoms with Crippen molar-refractivity contribution in [3.63, 3.8) is 0 Å². The topological polar surface area (TPSA) is 85.7 Å². The van der Waals surface area contributed by atoms with Crippen LogP contribution in [0.1, 0.15) is 36.5 Å². The molecule has 1 aliphatic rings. The number of thiophene rings is 1. The number of carbonyl (C=O) groups is 2. The smallest absolute Gasteiger partial charge is 0.349 e. The molecule has 1 amide bonds. The van der Waals surface area contributed by atoms with Crippen molar-refractivity contribution in [1.82, 2.24) is 9.78 Å². The van der Waals surface area contributed by atoms with Crippen LogP contribution in [-0.2, 0) is 14.3 Å². The summed E-state index contributed by atoms with van der Waals surface area (Å²) in [5.41, 5.74) is 2.01. The molecule has 0 saturated carbocycles. The molecule has 174 valence electrons. The molecule has 1 atom stereocenters. The third kappa shape index (κ3) is 5.26. The number of amides is 1. The van der Waals surface area contributed by atoms with Crippen molar-refractivity contribution in [2.75, 3.05) is 36.5 Å². The van der Waals surface area contributed by atoms with E-state index in [1.54, 1.807) is 23.9 Å². The highest BCUT2D eigenvalue weighted by atomic mass is 32.1. The number of hydrogen-bond donors (Lipinski definition) is 1. The van der Waals surface area contributed by atoms with Crippen molar-refractivity contribution in [3.05, 3.63) is 53.5 Å². The molecular formula is C24H28N4O4S. The molecule has 9 heteroatoms. The molecule has 3 heterocycles. The fraction of sp³-hybridized carbons (Fsp3) is 0.375. The lowest BCUT2D eigenvalue weighted by molar-refractivity contribution is -0.123. The van der Waals surface area contributed by atoms with Crippen molar-refractivity contribution in [3.8, 4) is 11.1 Å². The average Bonchev–Trinajstić information content (AvgIpc) is 3.48. The molecule has 4 rings (SSSR count). The molecule has 33 heavy (non-hydrogen) atoms. The minimum Gasteiger partial charge on any atom is -0.448 e. The lowest BCUT2D eigenvalue weighted by atomic mass is 10.1. The van der Waals surface area contributed by atoms with E-state index in [0.29, 0.717) is 23.9 Å². The standard InChI is InChI=1S/C24H28N4O4S/c1-16(2)28-21(9-10-25-28)26-22(29)17(3)32-24(30)20-15-19(18-7-5-4-6-8-18)23(33-20)27-11-13-31-14-12-27/h4-10,15-17H,11-14H2,1-3H3,(H,26,29). The Labute approximate surface area is 197 Å². The first-order valence-corrected chi connectivity index (χ1v) is 11.8. The molecule has 1 fully saturated rings. The minimum absolute atomic E-state index is 0.0919. The van der Waals surface area contributed by atoms with E-state index >= 15 is 0 Å². The second kappa shape index (κ2) is 10.2. The largest absolute Gasteiger partial charge is 0.448 e. The molecule has 0 spiro atoms. The second-order valence-electron chi connectivity index (χ2n) is 8.09. The molecule has 1 aromatic carbocycles. The van der Waals surface area contributed by atoms with Gasteiger partial charge in [0.05, 0.1) is 24.4 Å². The number of hydrogen-bond acceptors (Lipinski definition) is 7. The number of aromatic nitrogens is 2. The van der Waals surface area contributed by atoms with Gasteiger partial charge < -0.3 is 19.7 Å². The van der Waals surface area contributed by atoms with Crippen LogP contribution in [0.4, 0.5) is 10.8 Å². The number of esters is 1. The first-order chi connectivity index (χ1) is 15.9. The lowest BCUT2D eigenvalue weighted by Crippen LogP contribution is -2.35. The molecule has 1 aliphatic heterocycles. The van der Waals surface area contributed by atoms with Crippen LogP contribution in [0.25, 0.3) is 11.1 Å². The first kappa shape index (κ1) is 23.0. The Hall–Kier alpha value is -3.17. The first-order valence-electron chi connectivity index (χ1n) is 11.0. The number of anilines is 2. The molecule has 1 N–H and O–H groups in total. The van der Waals surface area contributed by atoms with Crippen molar-refractivity contribution in [2.24, 2.45) is 0 Å². The molecular weight excluding hydrogens is 440 g/mol. The maximum Gasteiger partial charge on any atom is 0.349 e. The van der Waals surface area contributed by atoms with Gasteiger partial charge in [-0.15, -0.1) is 11.3 Å². The fourth-order valence-corrected chi connectivity index (χ4v) is 4.75. The van der Waals surface area contributed by atoms with Crippen LogP contribution in [0, 0.1) is 0 Å². The molecule has 0 radical (unpaired) electrons. The van der Waals surface area contributed by atoms with Gasteiger partial charge in [-0.1, -0.05) is 30.3 Å². The van der Waals surface area contributed by atoms with Crippen LogP contribution in [0.5, 0.6) is 0 Å². The predicted molar refractivity (Wildman–Crippen MR) is 129 cm³/mol. The van der Waals surface area contributed by atoms with Crippen LogP contribution >= 0.6 is 11.3 Å². The summed E-state index contributed by atoms with van der Waals surface area (Å²) in [4.78, 5) is 28.3. The van der Waals surface area contributed by atoms with Gasteiger partial charge in [0, 0.05) is 30.8 Å². The fourth-order valence-electron chi connectivity index (χ4n) is 3.63. The van der Waals surface area contributed by atoms with E-state index < -0.39 is 18.0 Å². The molecule has 3 aromatic rings. The van der Waals surface area contributed by atoms with Gasteiger partial charge in [-0.05, 0) is 32.4 Å². The summed E-state index contributed by atoms with van der Waals surface area (Å²) in [6, 6.07) is 13.6. The molecule has 8 nitrogen and oxygen atoms in total. The Balaban J connectivity index is 1.51. The van der Waals surface area contributed by atoms with Crippen LogP contribution in [0.15, 0.2) is 48.7 Å². The van der Waals surface area contributed by atoms with Crippen molar-refractivity contribution < 1.29 is 19.1 Å². The van der Waals surface area contributed by atoms with Crippen LogP contribution in [0.2, 0.25) is 0 Å². The number of ether oxygens (including phenoxy) is 2. The molecule has 0 bridgehead atoms. The van der Waals surface area contributed by atoms with E-state index in [2.05, 4.69) is 15.3 Å². The summed E-state index contributed by atoms with van der Waals surface area (Å²) in [6.07, 6.45) is 0.665. The number of rotatable bonds is 7.